The van der Waals surface area contributed by atoms with Crippen LogP contribution in [0.3, 0.4) is 0 Å². The van der Waals surface area contributed by atoms with Gasteiger partial charge >= 0.3 is 0 Å². The fourth-order valence-electron chi connectivity index (χ4n) is 1.40. The van der Waals surface area contributed by atoms with Crippen LogP contribution in [0.1, 0.15) is 34.1 Å². The summed E-state index contributed by atoms with van der Waals surface area (Å²) in [5.74, 6) is 0.498. The maximum absolute atomic E-state index is 12.1. The topological polar surface area (TPSA) is 71.1 Å². The highest BCUT2D eigenvalue weighted by Gasteiger charge is 2.23. The molecule has 0 radical (unpaired) electrons. The molecule has 19 heavy (non-hydrogen) atoms. The number of nitrogens with one attached hydrogen (secondary N) is 2. The third-order valence-electron chi connectivity index (χ3n) is 2.11. The van der Waals surface area contributed by atoms with Gasteiger partial charge in [-0.15, -0.1) is 0 Å². The monoisotopic (exact) mass is 305 g/mol. The Balaban J connectivity index is 3.00. The van der Waals surface area contributed by atoms with Crippen molar-refractivity contribution in [2.75, 3.05) is 11.9 Å². The van der Waals surface area contributed by atoms with E-state index in [0.29, 0.717) is 10.8 Å². The summed E-state index contributed by atoms with van der Waals surface area (Å²) in [5, 5.41) is 3.33. The molecule has 0 aliphatic heterocycles. The van der Waals surface area contributed by atoms with Crippen LogP contribution in [0.15, 0.2) is 17.2 Å². The summed E-state index contributed by atoms with van der Waals surface area (Å²) >= 11 is 6.03. The highest BCUT2D eigenvalue weighted by Crippen LogP contribution is 2.23. The maximum atomic E-state index is 12.1. The third-order valence-corrected chi connectivity index (χ3v) is 4.12. The van der Waals surface area contributed by atoms with Crippen LogP contribution >= 0.6 is 11.6 Å². The largest absolute Gasteiger partial charge is 0.369 e. The van der Waals surface area contributed by atoms with Gasteiger partial charge in [0.05, 0.1) is 5.02 Å². The lowest BCUT2D eigenvalue weighted by Crippen LogP contribution is -2.40. The van der Waals surface area contributed by atoms with Gasteiger partial charge in [0.25, 0.3) is 0 Å². The summed E-state index contributed by atoms with van der Waals surface area (Å²) < 4.78 is 26.7. The fourth-order valence-corrected chi connectivity index (χ4v) is 3.09. The first-order chi connectivity index (χ1) is 8.65. The number of halogens is 1. The van der Waals surface area contributed by atoms with E-state index >= 15 is 0 Å². The first kappa shape index (κ1) is 16.2. The van der Waals surface area contributed by atoms with Gasteiger partial charge in [0.2, 0.25) is 10.0 Å². The van der Waals surface area contributed by atoms with Crippen molar-refractivity contribution in [3.8, 4) is 0 Å². The van der Waals surface area contributed by atoms with E-state index in [2.05, 4.69) is 15.0 Å². The van der Waals surface area contributed by atoms with Crippen LogP contribution in [0.5, 0.6) is 0 Å². The molecular formula is C12H20ClN3O2S. The predicted molar refractivity (Wildman–Crippen MR) is 78.1 cm³/mol. The van der Waals surface area contributed by atoms with Crippen LogP contribution in [0, 0.1) is 0 Å². The van der Waals surface area contributed by atoms with Gasteiger partial charge < -0.3 is 5.32 Å². The van der Waals surface area contributed by atoms with Crippen molar-refractivity contribution in [2.45, 2.75) is 44.6 Å². The molecule has 108 valence electrons. The van der Waals surface area contributed by atoms with Crippen LogP contribution in [0.2, 0.25) is 5.02 Å². The molecule has 0 atom stereocenters. The molecule has 0 aromatic carbocycles. The SMILES string of the molecule is CCCNc1ncc(S(=O)(=O)NC(C)(C)C)cc1Cl. The second-order valence-electron chi connectivity index (χ2n) is 5.28. The van der Waals surface area contributed by atoms with Crippen LogP contribution in [-0.4, -0.2) is 25.5 Å². The Labute approximate surface area is 119 Å². The van der Waals surface area contributed by atoms with E-state index in [1.807, 2.05) is 6.92 Å². The molecule has 1 heterocycles. The normalized spacial score (nSPS) is 12.5. The lowest BCUT2D eigenvalue weighted by atomic mass is 10.1. The summed E-state index contributed by atoms with van der Waals surface area (Å²) in [6.45, 7) is 8.08. The maximum Gasteiger partial charge on any atom is 0.242 e. The van der Waals surface area contributed by atoms with Gasteiger partial charge in [-0.2, -0.15) is 0 Å². The van der Waals surface area contributed by atoms with Crippen molar-refractivity contribution in [3.63, 3.8) is 0 Å². The Hall–Kier alpha value is -0.850. The van der Waals surface area contributed by atoms with Crippen molar-refractivity contribution >= 4 is 27.4 Å². The lowest BCUT2D eigenvalue weighted by molar-refractivity contribution is 0.491. The Morgan fingerprint density at radius 2 is 2.00 bits per heavy atom. The summed E-state index contributed by atoms with van der Waals surface area (Å²) in [4.78, 5) is 4.11. The molecule has 0 aliphatic rings. The van der Waals surface area contributed by atoms with E-state index in [9.17, 15) is 8.42 Å². The number of pyridine rings is 1. The predicted octanol–water partition coefficient (Wildman–Crippen LogP) is 2.63. The van der Waals surface area contributed by atoms with Crippen molar-refractivity contribution < 1.29 is 8.42 Å². The molecule has 2 N–H and O–H groups in total. The molecular weight excluding hydrogens is 286 g/mol. The summed E-state index contributed by atoms with van der Waals surface area (Å²) in [7, 11) is -3.60. The second kappa shape index (κ2) is 6.07. The lowest BCUT2D eigenvalue weighted by Gasteiger charge is -2.20. The molecule has 1 aromatic heterocycles. The molecule has 0 saturated carbocycles. The summed E-state index contributed by atoms with van der Waals surface area (Å²) in [6.07, 6.45) is 2.24. The molecule has 7 heteroatoms. The van der Waals surface area contributed by atoms with Gasteiger partial charge in [0.15, 0.2) is 0 Å². The van der Waals surface area contributed by atoms with Gasteiger partial charge in [-0.25, -0.2) is 18.1 Å². The van der Waals surface area contributed by atoms with E-state index in [0.717, 1.165) is 13.0 Å². The molecule has 0 unspecified atom stereocenters. The number of sulfonamides is 1. The van der Waals surface area contributed by atoms with E-state index in [-0.39, 0.29) is 4.90 Å². The van der Waals surface area contributed by atoms with Gasteiger partial charge in [-0.05, 0) is 33.3 Å². The van der Waals surface area contributed by atoms with E-state index < -0.39 is 15.6 Å². The van der Waals surface area contributed by atoms with Gasteiger partial charge in [0.1, 0.15) is 10.7 Å². The smallest absolute Gasteiger partial charge is 0.242 e. The van der Waals surface area contributed by atoms with E-state index in [1.165, 1.54) is 12.3 Å². The van der Waals surface area contributed by atoms with Crippen LogP contribution in [0.4, 0.5) is 5.82 Å². The van der Waals surface area contributed by atoms with Crippen LogP contribution in [-0.2, 0) is 10.0 Å². The number of hydrogen-bond donors (Lipinski definition) is 2. The van der Waals surface area contributed by atoms with E-state index in [1.54, 1.807) is 20.8 Å². The van der Waals surface area contributed by atoms with Gasteiger partial charge in [-0.1, -0.05) is 18.5 Å². The van der Waals surface area contributed by atoms with Gasteiger partial charge in [0, 0.05) is 18.3 Å². The first-order valence-electron chi connectivity index (χ1n) is 6.09. The number of rotatable bonds is 5. The van der Waals surface area contributed by atoms with E-state index in [4.69, 9.17) is 11.6 Å². The number of hydrogen-bond acceptors (Lipinski definition) is 4. The Kier molecular flexibility index (Phi) is 5.18. The third kappa shape index (κ3) is 4.97. The number of aromatic nitrogens is 1. The fraction of sp³-hybridized carbons (Fsp3) is 0.583. The van der Waals surface area contributed by atoms with Crippen molar-refractivity contribution in [1.29, 1.82) is 0 Å². The molecule has 5 nitrogen and oxygen atoms in total. The van der Waals surface area contributed by atoms with Crippen LogP contribution < -0.4 is 10.0 Å². The summed E-state index contributed by atoms with van der Waals surface area (Å²) in [5.41, 5.74) is -0.551. The van der Waals surface area contributed by atoms with Crippen molar-refractivity contribution in [3.05, 3.63) is 17.3 Å². The second-order valence-corrected chi connectivity index (χ2v) is 7.37. The summed E-state index contributed by atoms with van der Waals surface area (Å²) in [6, 6.07) is 1.40. The van der Waals surface area contributed by atoms with Crippen LogP contribution in [0.25, 0.3) is 0 Å². The standard InChI is InChI=1S/C12H20ClN3O2S/c1-5-6-14-11-10(13)7-9(8-15-11)19(17,18)16-12(2,3)4/h7-8,16H,5-6H2,1-4H3,(H,14,15). The quantitative estimate of drug-likeness (QED) is 0.877. The molecule has 0 saturated heterocycles. The zero-order valence-corrected chi connectivity index (χ0v) is 13.2. The van der Waals surface area contributed by atoms with Crippen molar-refractivity contribution in [1.82, 2.24) is 9.71 Å². The zero-order chi connectivity index (χ0) is 14.7. The minimum Gasteiger partial charge on any atom is -0.369 e. The molecule has 1 rings (SSSR count). The van der Waals surface area contributed by atoms with Gasteiger partial charge in [-0.3, -0.25) is 0 Å². The Bertz CT molecular complexity index is 538. The van der Waals surface area contributed by atoms with Crippen molar-refractivity contribution in [2.24, 2.45) is 0 Å². The highest BCUT2D eigenvalue weighted by molar-refractivity contribution is 7.89. The molecule has 0 bridgehead atoms. The molecule has 0 fully saturated rings. The minimum absolute atomic E-state index is 0.0643. The highest BCUT2D eigenvalue weighted by atomic mass is 35.5. The Morgan fingerprint density at radius 1 is 1.37 bits per heavy atom. The number of anilines is 1. The molecule has 0 aliphatic carbocycles. The molecule has 0 amide bonds. The average Bonchev–Trinajstić information content (AvgIpc) is 2.24. The number of nitrogens with zero attached hydrogens (tertiary/aromatic N) is 1. The first-order valence-corrected chi connectivity index (χ1v) is 7.95. The molecule has 0 spiro atoms. The minimum atomic E-state index is -3.60. The zero-order valence-electron chi connectivity index (χ0n) is 11.6. The Morgan fingerprint density at radius 3 is 2.47 bits per heavy atom. The average molecular weight is 306 g/mol. The molecule has 1 aromatic rings.